The van der Waals surface area contributed by atoms with Crippen LogP contribution in [0.25, 0.3) is 0 Å². The molecule has 0 aliphatic carbocycles. The summed E-state index contributed by atoms with van der Waals surface area (Å²) in [5.74, 6) is 0. The molecule has 1 aliphatic heterocycles. The van der Waals surface area contributed by atoms with Crippen molar-refractivity contribution in [1.29, 1.82) is 0 Å². The highest BCUT2D eigenvalue weighted by Crippen LogP contribution is 2.36. The first-order valence-corrected chi connectivity index (χ1v) is 7.55. The number of rotatable bonds is 2. The second-order valence-corrected chi connectivity index (χ2v) is 6.60. The summed E-state index contributed by atoms with van der Waals surface area (Å²) < 4.78 is 13.2. The number of anilines is 1. The maximum absolute atomic E-state index is 12.2. The lowest BCUT2D eigenvalue weighted by Gasteiger charge is -2.32. The minimum Gasteiger partial charge on any atom is -0.399 e. The monoisotopic (exact) mass is 313 g/mol. The van der Waals surface area contributed by atoms with Crippen molar-refractivity contribution in [3.63, 3.8) is 0 Å². The molecule has 2 heterocycles. The Balaban J connectivity index is 1.73. The Kier molecular flexibility index (Phi) is 3.78. The van der Waals surface area contributed by atoms with Crippen LogP contribution in [0.15, 0.2) is 42.7 Å². The molecule has 0 atom stereocenters. The van der Waals surface area contributed by atoms with E-state index in [0.29, 0.717) is 11.2 Å². The summed E-state index contributed by atoms with van der Waals surface area (Å²) in [4.78, 5) is 12.2. The molecule has 6 nitrogen and oxygen atoms in total. The van der Waals surface area contributed by atoms with Gasteiger partial charge in [-0.05, 0) is 39.8 Å². The fourth-order valence-electron chi connectivity index (χ4n) is 2.25. The summed E-state index contributed by atoms with van der Waals surface area (Å²) in [7, 11) is -0.529. The van der Waals surface area contributed by atoms with Gasteiger partial charge in [-0.2, -0.15) is 9.78 Å². The smallest absolute Gasteiger partial charge is 0.399 e. The summed E-state index contributed by atoms with van der Waals surface area (Å²) in [5, 5.41) is 6.87. The van der Waals surface area contributed by atoms with E-state index in [1.807, 2.05) is 58.0 Å². The normalized spacial score (nSPS) is 18.9. The van der Waals surface area contributed by atoms with E-state index in [1.165, 1.54) is 4.68 Å². The number of aromatic nitrogens is 2. The molecule has 120 valence electrons. The molecule has 0 saturated carbocycles. The molecule has 3 rings (SSSR count). The number of hydrogen-bond donors (Lipinski definition) is 1. The molecule has 1 saturated heterocycles. The van der Waals surface area contributed by atoms with Crippen LogP contribution in [0.4, 0.5) is 10.5 Å². The summed E-state index contributed by atoms with van der Waals surface area (Å²) >= 11 is 0. The van der Waals surface area contributed by atoms with Crippen molar-refractivity contribution >= 4 is 24.3 Å². The van der Waals surface area contributed by atoms with E-state index in [1.54, 1.807) is 12.4 Å². The summed E-state index contributed by atoms with van der Waals surface area (Å²) in [6.45, 7) is 7.94. The Bertz CT molecular complexity index is 696. The predicted octanol–water partition coefficient (Wildman–Crippen LogP) is 2.26. The van der Waals surface area contributed by atoms with Gasteiger partial charge in [-0.15, -0.1) is 0 Å². The Hall–Kier alpha value is -2.12. The number of carbonyl (C=O) groups is 1. The summed E-state index contributed by atoms with van der Waals surface area (Å²) in [6.07, 6.45) is 3.22. The zero-order valence-corrected chi connectivity index (χ0v) is 13.7. The lowest BCUT2D eigenvalue weighted by Crippen LogP contribution is -2.41. The number of nitrogens with zero attached hydrogens (tertiary/aromatic N) is 2. The molecule has 1 N–H and O–H groups in total. The van der Waals surface area contributed by atoms with Crippen LogP contribution in [-0.2, 0) is 9.31 Å². The molecule has 2 aromatic rings. The topological polar surface area (TPSA) is 65.4 Å². The van der Waals surface area contributed by atoms with Crippen LogP contribution in [0.3, 0.4) is 0 Å². The number of carbonyl (C=O) groups excluding carboxylic acids is 1. The van der Waals surface area contributed by atoms with E-state index in [0.717, 1.165) is 0 Å². The average molecular weight is 313 g/mol. The van der Waals surface area contributed by atoms with E-state index in [2.05, 4.69) is 10.4 Å². The van der Waals surface area contributed by atoms with E-state index in [4.69, 9.17) is 9.31 Å². The number of hydrogen-bond acceptors (Lipinski definition) is 4. The molecule has 0 unspecified atom stereocenters. The first-order valence-electron chi connectivity index (χ1n) is 7.55. The maximum atomic E-state index is 12.2. The number of benzene rings is 1. The molecule has 1 aromatic carbocycles. The van der Waals surface area contributed by atoms with Crippen molar-refractivity contribution in [2.24, 2.45) is 0 Å². The number of amides is 1. The lowest BCUT2D eigenvalue weighted by molar-refractivity contribution is 0.00578. The molecule has 7 heteroatoms. The van der Waals surface area contributed by atoms with Crippen LogP contribution in [0.1, 0.15) is 27.7 Å². The van der Waals surface area contributed by atoms with Gasteiger partial charge in [0.2, 0.25) is 0 Å². The third-order valence-corrected chi connectivity index (χ3v) is 4.36. The van der Waals surface area contributed by atoms with Crippen molar-refractivity contribution < 1.29 is 14.1 Å². The van der Waals surface area contributed by atoms with Crippen LogP contribution in [0, 0.1) is 0 Å². The molecular formula is C16H20BN3O3. The van der Waals surface area contributed by atoms with Gasteiger partial charge in [0.05, 0.1) is 11.2 Å². The van der Waals surface area contributed by atoms with Crippen LogP contribution >= 0.6 is 0 Å². The van der Waals surface area contributed by atoms with Gasteiger partial charge in [0.1, 0.15) is 0 Å². The molecule has 0 spiro atoms. The number of nitrogens with one attached hydrogen (secondary N) is 1. The van der Waals surface area contributed by atoms with E-state index >= 15 is 0 Å². The average Bonchev–Trinajstić information content (AvgIpc) is 3.03. The van der Waals surface area contributed by atoms with Crippen molar-refractivity contribution in [3.8, 4) is 0 Å². The van der Waals surface area contributed by atoms with Gasteiger partial charge in [0.25, 0.3) is 0 Å². The van der Waals surface area contributed by atoms with E-state index < -0.39 is 18.3 Å². The van der Waals surface area contributed by atoms with Crippen LogP contribution in [0.2, 0.25) is 0 Å². The second-order valence-electron chi connectivity index (χ2n) is 6.60. The second kappa shape index (κ2) is 5.51. The lowest BCUT2D eigenvalue weighted by atomic mass is 9.82. The van der Waals surface area contributed by atoms with Gasteiger partial charge in [0.15, 0.2) is 0 Å². The van der Waals surface area contributed by atoms with Gasteiger partial charge in [-0.1, -0.05) is 18.2 Å². The predicted molar refractivity (Wildman–Crippen MR) is 88.8 cm³/mol. The molecule has 0 radical (unpaired) electrons. The van der Waals surface area contributed by atoms with Gasteiger partial charge in [-0.25, -0.2) is 4.79 Å². The minimum absolute atomic E-state index is 0.334. The highest BCUT2D eigenvalue weighted by atomic mass is 16.7. The van der Waals surface area contributed by atoms with Crippen molar-refractivity contribution in [3.05, 3.63) is 42.7 Å². The highest BCUT2D eigenvalue weighted by Gasteiger charge is 2.52. The van der Waals surface area contributed by atoms with E-state index in [9.17, 15) is 4.79 Å². The standard InChI is InChI=1S/C16H20BN3O3/c1-15(2)16(3,4)23-17(22-15)12-10-18-20(11-12)14(21)19-13-8-6-5-7-9-13/h5-11H,1-4H3,(H,19,21). The molecule has 1 fully saturated rings. The van der Waals surface area contributed by atoms with Gasteiger partial charge < -0.3 is 14.6 Å². The first-order chi connectivity index (χ1) is 10.8. The zero-order valence-electron chi connectivity index (χ0n) is 13.7. The number of para-hydroxylation sites is 1. The van der Waals surface area contributed by atoms with Crippen LogP contribution < -0.4 is 10.8 Å². The van der Waals surface area contributed by atoms with Crippen LogP contribution in [-0.4, -0.2) is 34.1 Å². The zero-order chi connectivity index (χ0) is 16.7. The summed E-state index contributed by atoms with van der Waals surface area (Å²) in [6, 6.07) is 8.90. The largest absolute Gasteiger partial charge is 0.498 e. The van der Waals surface area contributed by atoms with Gasteiger partial charge in [-0.3, -0.25) is 0 Å². The summed E-state index contributed by atoms with van der Waals surface area (Å²) in [5.41, 5.74) is 0.579. The SMILES string of the molecule is CC1(C)OB(c2cnn(C(=O)Nc3ccccc3)c2)OC1(C)C. The first kappa shape index (κ1) is 15.8. The fraction of sp³-hybridized carbons (Fsp3) is 0.375. The van der Waals surface area contributed by atoms with Gasteiger partial charge in [0, 0.05) is 23.5 Å². The van der Waals surface area contributed by atoms with Crippen molar-refractivity contribution in [1.82, 2.24) is 9.78 Å². The van der Waals surface area contributed by atoms with Crippen molar-refractivity contribution in [2.75, 3.05) is 5.32 Å². The third-order valence-electron chi connectivity index (χ3n) is 4.36. The van der Waals surface area contributed by atoms with Gasteiger partial charge >= 0.3 is 13.1 Å². The molecule has 1 amide bonds. The molecular weight excluding hydrogens is 293 g/mol. The Morgan fingerprint density at radius 1 is 1.13 bits per heavy atom. The van der Waals surface area contributed by atoms with E-state index in [-0.39, 0.29) is 6.03 Å². The molecule has 1 aliphatic rings. The quantitative estimate of drug-likeness (QED) is 0.864. The Morgan fingerprint density at radius 2 is 1.74 bits per heavy atom. The Labute approximate surface area is 135 Å². The maximum Gasteiger partial charge on any atom is 0.498 e. The molecule has 0 bridgehead atoms. The minimum atomic E-state index is -0.529. The Morgan fingerprint density at radius 3 is 2.35 bits per heavy atom. The molecule has 23 heavy (non-hydrogen) atoms. The molecule has 1 aromatic heterocycles. The highest BCUT2D eigenvalue weighted by molar-refractivity contribution is 6.62. The van der Waals surface area contributed by atoms with Crippen LogP contribution in [0.5, 0.6) is 0 Å². The third kappa shape index (κ3) is 3.02. The van der Waals surface area contributed by atoms with Crippen molar-refractivity contribution in [2.45, 2.75) is 38.9 Å². The fourth-order valence-corrected chi connectivity index (χ4v) is 2.25.